The molecule has 1 N–H and O–H groups in total. The van der Waals surface area contributed by atoms with Crippen molar-refractivity contribution in [3.63, 3.8) is 0 Å². The molecule has 0 unspecified atom stereocenters. The first-order valence-electron chi connectivity index (χ1n) is 8.27. The fourth-order valence-corrected chi connectivity index (χ4v) is 4.72. The number of aromatic hydroxyl groups is 1. The van der Waals surface area contributed by atoms with Gasteiger partial charge < -0.3 is 9.84 Å². The predicted octanol–water partition coefficient (Wildman–Crippen LogP) is 3.60. The number of ether oxygens (including phenoxy) is 1. The van der Waals surface area contributed by atoms with Crippen molar-refractivity contribution in [1.82, 2.24) is 19.6 Å². The normalized spacial score (nSPS) is 14.1. The van der Waals surface area contributed by atoms with Crippen LogP contribution in [0.15, 0.2) is 24.5 Å². The molecule has 3 aromatic heterocycles. The van der Waals surface area contributed by atoms with E-state index in [4.69, 9.17) is 9.72 Å². The zero-order valence-corrected chi connectivity index (χ0v) is 14.5. The van der Waals surface area contributed by atoms with E-state index in [0.717, 1.165) is 34.3 Å². The van der Waals surface area contributed by atoms with E-state index in [0.29, 0.717) is 11.6 Å². The monoisotopic (exact) mass is 352 g/mol. The van der Waals surface area contributed by atoms with Crippen LogP contribution < -0.4 is 4.74 Å². The molecule has 0 saturated carbocycles. The molecule has 5 rings (SSSR count). The molecule has 0 fully saturated rings. The van der Waals surface area contributed by atoms with Crippen LogP contribution in [0.3, 0.4) is 0 Å². The molecule has 0 spiro atoms. The van der Waals surface area contributed by atoms with Gasteiger partial charge in [0, 0.05) is 10.4 Å². The van der Waals surface area contributed by atoms with Crippen LogP contribution in [0.1, 0.15) is 23.3 Å². The number of benzene rings is 1. The second kappa shape index (κ2) is 5.42. The van der Waals surface area contributed by atoms with Gasteiger partial charge in [0.1, 0.15) is 11.2 Å². The zero-order chi connectivity index (χ0) is 17.0. The largest absolute Gasteiger partial charge is 0.504 e. The number of aryl methyl sites for hydroxylation is 2. The second-order valence-corrected chi connectivity index (χ2v) is 7.31. The Kier molecular flexibility index (Phi) is 3.18. The third-order valence-electron chi connectivity index (χ3n) is 4.73. The van der Waals surface area contributed by atoms with Crippen LogP contribution in [0.25, 0.3) is 27.3 Å². The minimum Gasteiger partial charge on any atom is -0.504 e. The van der Waals surface area contributed by atoms with Crippen LogP contribution in [0.5, 0.6) is 11.5 Å². The maximum atomic E-state index is 9.79. The summed E-state index contributed by atoms with van der Waals surface area (Å²) >= 11 is 1.78. The lowest BCUT2D eigenvalue weighted by atomic mass is 9.97. The Morgan fingerprint density at radius 3 is 3.00 bits per heavy atom. The van der Waals surface area contributed by atoms with Crippen molar-refractivity contribution in [2.24, 2.45) is 0 Å². The van der Waals surface area contributed by atoms with Crippen molar-refractivity contribution in [3.8, 4) is 22.9 Å². The Morgan fingerprint density at radius 1 is 1.24 bits per heavy atom. The van der Waals surface area contributed by atoms with Gasteiger partial charge >= 0.3 is 0 Å². The minimum atomic E-state index is 0.103. The average Bonchev–Trinajstić information content (AvgIpc) is 3.22. The number of rotatable bonds is 2. The zero-order valence-electron chi connectivity index (χ0n) is 13.7. The summed E-state index contributed by atoms with van der Waals surface area (Å²) in [5.41, 5.74) is 3.05. The second-order valence-electron chi connectivity index (χ2n) is 6.23. The number of hydrogen-bond donors (Lipinski definition) is 1. The van der Waals surface area contributed by atoms with E-state index in [9.17, 15) is 5.11 Å². The van der Waals surface area contributed by atoms with E-state index in [-0.39, 0.29) is 5.75 Å². The maximum Gasteiger partial charge on any atom is 0.182 e. The number of phenols is 1. The standard InChI is InChI=1S/C18H16N4O2S/c1-24-13-8-10(6-7-12(13)23)16-20-17-15-11-4-2-3-5-14(11)25-18(15)19-9-22(17)21-16/h6-9,23H,2-5H2,1H3. The van der Waals surface area contributed by atoms with Crippen LogP contribution >= 0.6 is 11.3 Å². The molecule has 3 heterocycles. The van der Waals surface area contributed by atoms with E-state index in [1.165, 1.54) is 30.4 Å². The van der Waals surface area contributed by atoms with Gasteiger partial charge in [-0.3, -0.25) is 0 Å². The maximum absolute atomic E-state index is 9.79. The number of nitrogens with zero attached hydrogens (tertiary/aromatic N) is 4. The molecule has 126 valence electrons. The van der Waals surface area contributed by atoms with Crippen molar-refractivity contribution in [1.29, 1.82) is 0 Å². The van der Waals surface area contributed by atoms with E-state index in [2.05, 4.69) is 10.1 Å². The molecule has 1 aromatic carbocycles. The van der Waals surface area contributed by atoms with Gasteiger partial charge in [0.05, 0.1) is 12.5 Å². The topological polar surface area (TPSA) is 72.5 Å². The lowest BCUT2D eigenvalue weighted by molar-refractivity contribution is 0.373. The average molecular weight is 352 g/mol. The first-order valence-corrected chi connectivity index (χ1v) is 9.09. The molecule has 6 nitrogen and oxygen atoms in total. The van der Waals surface area contributed by atoms with Crippen molar-refractivity contribution in [2.45, 2.75) is 25.7 Å². The third-order valence-corrected chi connectivity index (χ3v) is 5.93. The van der Waals surface area contributed by atoms with Crippen molar-refractivity contribution >= 4 is 27.2 Å². The molecule has 7 heteroatoms. The van der Waals surface area contributed by atoms with E-state index in [1.807, 2.05) is 0 Å². The lowest BCUT2D eigenvalue weighted by Gasteiger charge is -2.09. The highest BCUT2D eigenvalue weighted by Gasteiger charge is 2.21. The van der Waals surface area contributed by atoms with Gasteiger partial charge in [-0.2, -0.15) is 0 Å². The van der Waals surface area contributed by atoms with Crippen molar-refractivity contribution in [3.05, 3.63) is 35.0 Å². The quantitative estimate of drug-likeness (QED) is 0.597. The number of fused-ring (bicyclic) bond motifs is 5. The molecule has 1 aliphatic carbocycles. The minimum absolute atomic E-state index is 0.103. The predicted molar refractivity (Wildman–Crippen MR) is 96.5 cm³/mol. The molecule has 0 saturated heterocycles. The van der Waals surface area contributed by atoms with Gasteiger partial charge in [0.15, 0.2) is 23.0 Å². The van der Waals surface area contributed by atoms with Crippen LogP contribution in [0, 0.1) is 0 Å². The lowest BCUT2D eigenvalue weighted by Crippen LogP contribution is -1.99. The van der Waals surface area contributed by atoms with Gasteiger partial charge in [-0.05, 0) is 49.4 Å². The summed E-state index contributed by atoms with van der Waals surface area (Å²) in [6, 6.07) is 5.14. The molecule has 25 heavy (non-hydrogen) atoms. The van der Waals surface area contributed by atoms with Crippen LogP contribution in [-0.2, 0) is 12.8 Å². The summed E-state index contributed by atoms with van der Waals surface area (Å²) < 4.78 is 6.94. The van der Waals surface area contributed by atoms with Gasteiger partial charge in [-0.15, -0.1) is 16.4 Å². The Bertz CT molecular complexity index is 1120. The third kappa shape index (κ3) is 2.19. The smallest absolute Gasteiger partial charge is 0.182 e. The van der Waals surface area contributed by atoms with E-state index < -0.39 is 0 Å². The first kappa shape index (κ1) is 14.7. The molecule has 0 bridgehead atoms. The summed E-state index contributed by atoms with van der Waals surface area (Å²) in [7, 11) is 1.53. The van der Waals surface area contributed by atoms with Crippen LogP contribution in [0.2, 0.25) is 0 Å². The number of hydrogen-bond acceptors (Lipinski definition) is 6. The summed E-state index contributed by atoms with van der Waals surface area (Å²) in [6.45, 7) is 0. The van der Waals surface area contributed by atoms with Crippen molar-refractivity contribution in [2.75, 3.05) is 7.11 Å². The van der Waals surface area contributed by atoms with Gasteiger partial charge in [-0.25, -0.2) is 14.5 Å². The van der Waals surface area contributed by atoms with Crippen LogP contribution in [0.4, 0.5) is 0 Å². The van der Waals surface area contributed by atoms with Gasteiger partial charge in [0.2, 0.25) is 0 Å². The Balaban J connectivity index is 1.74. The Labute approximate surface area is 147 Å². The molecule has 0 radical (unpaired) electrons. The van der Waals surface area contributed by atoms with Crippen LogP contribution in [-0.4, -0.2) is 31.8 Å². The summed E-state index contributed by atoms with van der Waals surface area (Å²) in [5.74, 6) is 1.11. The molecule has 0 aliphatic heterocycles. The SMILES string of the molecule is COc1cc(-c2nc3c4c5c(sc4ncn3n2)CCCC5)ccc1O. The highest BCUT2D eigenvalue weighted by atomic mass is 32.1. The fraction of sp³-hybridized carbons (Fsp3) is 0.278. The van der Waals surface area contributed by atoms with Gasteiger partial charge in [0.25, 0.3) is 0 Å². The summed E-state index contributed by atoms with van der Waals surface area (Å²) in [4.78, 5) is 11.8. The highest BCUT2D eigenvalue weighted by molar-refractivity contribution is 7.19. The molecule has 1 aliphatic rings. The van der Waals surface area contributed by atoms with E-state index >= 15 is 0 Å². The molecular formula is C18H16N4O2S. The number of phenolic OH excluding ortho intramolecular Hbond substituents is 1. The highest BCUT2D eigenvalue weighted by Crippen LogP contribution is 2.37. The molecule has 0 amide bonds. The molecule has 0 atom stereocenters. The first-order chi connectivity index (χ1) is 12.2. The molecule has 4 aromatic rings. The fourth-order valence-electron chi connectivity index (χ4n) is 3.49. The van der Waals surface area contributed by atoms with Crippen molar-refractivity contribution < 1.29 is 9.84 Å². The Hall–Kier alpha value is -2.67. The molecular weight excluding hydrogens is 336 g/mol. The Morgan fingerprint density at radius 2 is 2.12 bits per heavy atom. The van der Waals surface area contributed by atoms with E-state index in [1.54, 1.807) is 40.4 Å². The number of thiophene rings is 1. The number of aromatic nitrogens is 4. The summed E-state index contributed by atoms with van der Waals surface area (Å²) in [6.07, 6.45) is 6.43. The number of methoxy groups -OCH3 is 1. The van der Waals surface area contributed by atoms with Gasteiger partial charge in [-0.1, -0.05) is 0 Å². The summed E-state index contributed by atoms with van der Waals surface area (Å²) in [5, 5.41) is 15.5.